The van der Waals surface area contributed by atoms with Gasteiger partial charge >= 0.3 is 5.97 Å². The van der Waals surface area contributed by atoms with Crippen molar-refractivity contribution in [3.8, 4) is 18.1 Å². The maximum atomic E-state index is 13.3. The lowest BCUT2D eigenvalue weighted by molar-refractivity contribution is 0.0696. The fraction of sp³-hybridized carbons (Fsp3) is 0.100. The molecule has 1 aromatic carbocycles. The van der Waals surface area contributed by atoms with Gasteiger partial charge in [0.25, 0.3) is 0 Å². The van der Waals surface area contributed by atoms with Crippen molar-refractivity contribution in [2.75, 3.05) is 6.61 Å². The molecule has 0 aliphatic rings. The smallest absolute Gasteiger partial charge is 0.335 e. The third-order valence-electron chi connectivity index (χ3n) is 1.55. The lowest BCUT2D eigenvalue weighted by atomic mass is 10.2. The van der Waals surface area contributed by atoms with Crippen LogP contribution in [0, 0.1) is 18.2 Å². The van der Waals surface area contributed by atoms with E-state index in [2.05, 4.69) is 5.92 Å². The Hall–Kier alpha value is -1.73. The SMILES string of the molecule is C#CCOc1c(F)cc(C(=O)O)cc1Cl. The van der Waals surface area contributed by atoms with E-state index >= 15 is 0 Å². The molecule has 0 saturated carbocycles. The van der Waals surface area contributed by atoms with E-state index in [-0.39, 0.29) is 22.9 Å². The molecule has 0 saturated heterocycles. The average Bonchev–Trinajstić information content (AvgIpc) is 2.16. The van der Waals surface area contributed by atoms with E-state index in [1.807, 2.05) is 0 Å². The topological polar surface area (TPSA) is 46.5 Å². The molecule has 0 aromatic heterocycles. The summed E-state index contributed by atoms with van der Waals surface area (Å²) >= 11 is 5.62. The van der Waals surface area contributed by atoms with Gasteiger partial charge in [-0.15, -0.1) is 6.42 Å². The largest absolute Gasteiger partial charge is 0.478 e. The molecule has 0 unspecified atom stereocenters. The van der Waals surface area contributed by atoms with E-state index in [9.17, 15) is 9.18 Å². The highest BCUT2D eigenvalue weighted by Crippen LogP contribution is 2.29. The third-order valence-corrected chi connectivity index (χ3v) is 1.83. The Kier molecular flexibility index (Phi) is 3.53. The molecule has 0 aliphatic carbocycles. The number of halogens is 2. The predicted octanol–water partition coefficient (Wildman–Crippen LogP) is 2.19. The molecular weight excluding hydrogens is 223 g/mol. The van der Waals surface area contributed by atoms with E-state index in [0.717, 1.165) is 12.1 Å². The lowest BCUT2D eigenvalue weighted by Gasteiger charge is -2.06. The van der Waals surface area contributed by atoms with Crippen LogP contribution >= 0.6 is 11.6 Å². The van der Waals surface area contributed by atoms with Gasteiger partial charge < -0.3 is 9.84 Å². The van der Waals surface area contributed by atoms with E-state index in [0.29, 0.717) is 0 Å². The minimum absolute atomic E-state index is 0.123. The van der Waals surface area contributed by atoms with Crippen LogP contribution in [-0.4, -0.2) is 17.7 Å². The quantitative estimate of drug-likeness (QED) is 0.807. The second kappa shape index (κ2) is 4.67. The van der Waals surface area contributed by atoms with Crippen molar-refractivity contribution >= 4 is 17.6 Å². The van der Waals surface area contributed by atoms with Gasteiger partial charge in [0.05, 0.1) is 10.6 Å². The molecule has 0 fully saturated rings. The van der Waals surface area contributed by atoms with E-state index in [1.165, 1.54) is 0 Å². The Morgan fingerprint density at radius 1 is 1.67 bits per heavy atom. The number of carbonyl (C=O) groups is 1. The molecule has 0 heterocycles. The molecule has 0 bridgehead atoms. The summed E-state index contributed by atoms with van der Waals surface area (Å²) in [5.41, 5.74) is -0.245. The van der Waals surface area contributed by atoms with Crippen LogP contribution < -0.4 is 4.74 Å². The number of rotatable bonds is 3. The van der Waals surface area contributed by atoms with Gasteiger partial charge in [0, 0.05) is 0 Å². The first-order valence-electron chi connectivity index (χ1n) is 3.85. The molecule has 5 heteroatoms. The molecule has 0 radical (unpaired) electrons. The minimum atomic E-state index is -1.26. The summed E-state index contributed by atoms with van der Waals surface area (Å²) in [6, 6.07) is 1.92. The Bertz CT molecular complexity index is 414. The second-order valence-electron chi connectivity index (χ2n) is 2.57. The van der Waals surface area contributed by atoms with Gasteiger partial charge in [-0.25, -0.2) is 9.18 Å². The minimum Gasteiger partial charge on any atom is -0.478 e. The van der Waals surface area contributed by atoms with Crippen molar-refractivity contribution in [1.29, 1.82) is 0 Å². The molecule has 15 heavy (non-hydrogen) atoms. The van der Waals surface area contributed by atoms with Crippen LogP contribution in [0.2, 0.25) is 5.02 Å². The van der Waals surface area contributed by atoms with Gasteiger partial charge in [-0.05, 0) is 12.1 Å². The highest BCUT2D eigenvalue weighted by molar-refractivity contribution is 6.32. The monoisotopic (exact) mass is 228 g/mol. The maximum Gasteiger partial charge on any atom is 0.335 e. The third kappa shape index (κ3) is 2.61. The van der Waals surface area contributed by atoms with Gasteiger partial charge in [-0.3, -0.25) is 0 Å². The number of ether oxygens (including phenoxy) is 1. The zero-order valence-corrected chi connectivity index (χ0v) is 8.21. The van der Waals surface area contributed by atoms with Crippen LogP contribution in [0.1, 0.15) is 10.4 Å². The fourth-order valence-electron chi connectivity index (χ4n) is 0.935. The van der Waals surface area contributed by atoms with Crippen LogP contribution in [0.4, 0.5) is 4.39 Å². The van der Waals surface area contributed by atoms with E-state index in [1.54, 1.807) is 0 Å². The van der Waals surface area contributed by atoms with Crippen molar-refractivity contribution in [3.05, 3.63) is 28.5 Å². The summed E-state index contributed by atoms with van der Waals surface area (Å²) in [5, 5.41) is 8.48. The lowest BCUT2D eigenvalue weighted by Crippen LogP contribution is -2.01. The highest BCUT2D eigenvalue weighted by Gasteiger charge is 2.14. The maximum absolute atomic E-state index is 13.3. The summed E-state index contributed by atoms with van der Waals surface area (Å²) in [4.78, 5) is 10.5. The van der Waals surface area contributed by atoms with Crippen LogP contribution in [-0.2, 0) is 0 Å². The Morgan fingerprint density at radius 2 is 2.33 bits per heavy atom. The number of hydrogen-bond donors (Lipinski definition) is 1. The average molecular weight is 229 g/mol. The van der Waals surface area contributed by atoms with Gasteiger partial charge in [0.1, 0.15) is 6.61 Å². The number of terminal acetylenes is 1. The van der Waals surface area contributed by atoms with Crippen LogP contribution in [0.25, 0.3) is 0 Å². The van der Waals surface area contributed by atoms with E-state index < -0.39 is 11.8 Å². The van der Waals surface area contributed by atoms with Crippen molar-refractivity contribution in [2.24, 2.45) is 0 Å². The van der Waals surface area contributed by atoms with Crippen LogP contribution in [0.15, 0.2) is 12.1 Å². The van der Waals surface area contributed by atoms with E-state index in [4.69, 9.17) is 27.9 Å². The number of carboxylic acid groups (broad SMARTS) is 1. The normalized spacial score (nSPS) is 9.40. The molecule has 0 atom stereocenters. The Balaban J connectivity index is 3.11. The molecule has 3 nitrogen and oxygen atoms in total. The Morgan fingerprint density at radius 3 is 2.80 bits per heavy atom. The van der Waals surface area contributed by atoms with Gasteiger partial charge in [0.2, 0.25) is 0 Å². The van der Waals surface area contributed by atoms with Crippen LogP contribution in [0.5, 0.6) is 5.75 Å². The summed E-state index contributed by atoms with van der Waals surface area (Å²) in [6.45, 7) is -0.136. The van der Waals surface area contributed by atoms with Gasteiger partial charge in [-0.2, -0.15) is 0 Å². The van der Waals surface area contributed by atoms with Gasteiger partial charge in [0.15, 0.2) is 11.6 Å². The number of aromatic carboxylic acids is 1. The first-order valence-corrected chi connectivity index (χ1v) is 4.22. The highest BCUT2D eigenvalue weighted by atomic mass is 35.5. The molecule has 1 aromatic rings. The molecule has 0 amide bonds. The first kappa shape index (κ1) is 11.3. The molecule has 1 rings (SSSR count). The van der Waals surface area contributed by atoms with Gasteiger partial charge in [-0.1, -0.05) is 17.5 Å². The van der Waals surface area contributed by atoms with Crippen molar-refractivity contribution in [1.82, 2.24) is 0 Å². The number of benzene rings is 1. The number of carboxylic acids is 1. The fourth-order valence-corrected chi connectivity index (χ4v) is 1.20. The molecular formula is C10H6ClFO3. The Labute approximate surface area is 90.4 Å². The molecule has 1 N–H and O–H groups in total. The summed E-state index contributed by atoms with van der Waals surface area (Å²) in [5.74, 6) is -0.209. The number of hydrogen-bond acceptors (Lipinski definition) is 2. The zero-order valence-electron chi connectivity index (χ0n) is 7.46. The summed E-state index contributed by atoms with van der Waals surface area (Å²) < 4.78 is 18.1. The zero-order chi connectivity index (χ0) is 11.4. The molecule has 0 aliphatic heterocycles. The standard InChI is InChI=1S/C10H6ClFO3/c1-2-3-15-9-7(11)4-6(10(13)14)5-8(9)12/h1,4-5H,3H2,(H,13,14). The summed E-state index contributed by atoms with van der Waals surface area (Å²) in [6.07, 6.45) is 4.92. The van der Waals surface area contributed by atoms with Crippen molar-refractivity contribution < 1.29 is 19.0 Å². The molecule has 0 spiro atoms. The summed E-state index contributed by atoms with van der Waals surface area (Å²) in [7, 11) is 0. The van der Waals surface area contributed by atoms with Crippen molar-refractivity contribution in [2.45, 2.75) is 0 Å². The van der Waals surface area contributed by atoms with Crippen molar-refractivity contribution in [3.63, 3.8) is 0 Å². The van der Waals surface area contributed by atoms with Crippen LogP contribution in [0.3, 0.4) is 0 Å². The predicted molar refractivity (Wildman–Crippen MR) is 52.7 cm³/mol. The molecule has 78 valence electrons. The first-order chi connectivity index (χ1) is 7.06. The second-order valence-corrected chi connectivity index (χ2v) is 2.97.